The first-order valence-corrected chi connectivity index (χ1v) is 9.02. The molecule has 2 aliphatic heterocycles. The molecule has 0 saturated carbocycles. The largest absolute Gasteiger partial charge is 0.349 e. The summed E-state index contributed by atoms with van der Waals surface area (Å²) < 4.78 is 0. The SMILES string of the molecule is CC1(C)NC(=O)N(CCC(=O)NC2CCSc3ccccc32)C1=O. The summed E-state index contributed by atoms with van der Waals surface area (Å²) in [5, 5.41) is 5.64. The standard InChI is InChI=1S/C17H21N3O3S/c1-17(2)15(22)20(16(23)19-17)9-7-14(21)18-12-8-10-24-13-6-4-3-5-11(12)13/h3-6,12H,7-10H2,1-2H3,(H,18,21)(H,19,23). The molecule has 0 aromatic heterocycles. The number of hydrogen-bond donors (Lipinski definition) is 2. The van der Waals surface area contributed by atoms with E-state index >= 15 is 0 Å². The van der Waals surface area contributed by atoms with Crippen LogP contribution < -0.4 is 10.6 Å². The lowest BCUT2D eigenvalue weighted by atomic mass is 10.0. The number of imide groups is 1. The molecule has 1 atom stereocenters. The van der Waals surface area contributed by atoms with Crippen molar-refractivity contribution < 1.29 is 14.4 Å². The average molecular weight is 347 g/mol. The second kappa shape index (κ2) is 6.47. The fourth-order valence-corrected chi connectivity index (χ4v) is 4.12. The Kier molecular flexibility index (Phi) is 4.54. The number of carbonyl (C=O) groups excluding carboxylic acids is 3. The topological polar surface area (TPSA) is 78.5 Å². The van der Waals surface area contributed by atoms with Crippen LogP contribution in [0.3, 0.4) is 0 Å². The number of thioether (sulfide) groups is 1. The Hall–Kier alpha value is -2.02. The average Bonchev–Trinajstić information content (AvgIpc) is 2.74. The van der Waals surface area contributed by atoms with Crippen molar-refractivity contribution in [3.05, 3.63) is 29.8 Å². The van der Waals surface area contributed by atoms with Crippen LogP contribution in [0.5, 0.6) is 0 Å². The lowest BCUT2D eigenvalue weighted by Crippen LogP contribution is -2.41. The summed E-state index contributed by atoms with van der Waals surface area (Å²) in [5.74, 6) is 0.523. The molecule has 1 unspecified atom stereocenters. The molecule has 128 valence electrons. The highest BCUT2D eigenvalue weighted by atomic mass is 32.2. The lowest BCUT2D eigenvalue weighted by molar-refractivity contribution is -0.130. The summed E-state index contributed by atoms with van der Waals surface area (Å²) in [7, 11) is 0. The van der Waals surface area contributed by atoms with Crippen molar-refractivity contribution in [2.45, 2.75) is 43.2 Å². The van der Waals surface area contributed by atoms with Crippen LogP contribution >= 0.6 is 11.8 Å². The van der Waals surface area contributed by atoms with Crippen LogP contribution in [-0.2, 0) is 9.59 Å². The van der Waals surface area contributed by atoms with Crippen molar-refractivity contribution >= 4 is 29.6 Å². The molecule has 0 bridgehead atoms. The molecule has 6 nitrogen and oxygen atoms in total. The number of nitrogens with zero attached hydrogens (tertiary/aromatic N) is 1. The first kappa shape index (κ1) is 16.8. The van der Waals surface area contributed by atoms with E-state index in [0.717, 1.165) is 22.6 Å². The van der Waals surface area contributed by atoms with Gasteiger partial charge in [-0.2, -0.15) is 0 Å². The first-order chi connectivity index (χ1) is 11.4. The second-order valence-corrected chi connectivity index (χ2v) is 7.69. The van der Waals surface area contributed by atoms with Crippen LogP contribution in [0.15, 0.2) is 29.2 Å². The summed E-state index contributed by atoms with van der Waals surface area (Å²) in [4.78, 5) is 38.5. The van der Waals surface area contributed by atoms with E-state index in [-0.39, 0.29) is 30.8 Å². The zero-order valence-electron chi connectivity index (χ0n) is 13.8. The van der Waals surface area contributed by atoms with Gasteiger partial charge in [-0.05, 0) is 31.9 Å². The molecule has 1 fully saturated rings. The minimum absolute atomic E-state index is 0.00510. The van der Waals surface area contributed by atoms with E-state index < -0.39 is 11.6 Å². The zero-order chi connectivity index (χ0) is 17.3. The molecular formula is C17H21N3O3S. The number of carbonyl (C=O) groups is 3. The minimum atomic E-state index is -0.896. The van der Waals surface area contributed by atoms with E-state index in [1.54, 1.807) is 25.6 Å². The summed E-state index contributed by atoms with van der Waals surface area (Å²) >= 11 is 1.80. The van der Waals surface area contributed by atoms with Gasteiger partial charge in [0.05, 0.1) is 6.04 Å². The number of benzene rings is 1. The quantitative estimate of drug-likeness (QED) is 0.817. The highest BCUT2D eigenvalue weighted by Gasteiger charge is 2.44. The molecular weight excluding hydrogens is 326 g/mol. The maximum Gasteiger partial charge on any atom is 0.325 e. The van der Waals surface area contributed by atoms with Gasteiger partial charge < -0.3 is 10.6 Å². The summed E-state index contributed by atoms with van der Waals surface area (Å²) in [6.45, 7) is 3.41. The van der Waals surface area contributed by atoms with Gasteiger partial charge in [0, 0.05) is 23.6 Å². The molecule has 0 aliphatic carbocycles. The van der Waals surface area contributed by atoms with E-state index in [0.29, 0.717) is 0 Å². The number of rotatable bonds is 4. The van der Waals surface area contributed by atoms with Crippen molar-refractivity contribution in [1.82, 2.24) is 15.5 Å². The molecule has 2 N–H and O–H groups in total. The van der Waals surface area contributed by atoms with Crippen molar-refractivity contribution in [1.29, 1.82) is 0 Å². The maximum atomic E-state index is 12.3. The molecule has 0 radical (unpaired) electrons. The van der Waals surface area contributed by atoms with Gasteiger partial charge in [-0.3, -0.25) is 14.5 Å². The van der Waals surface area contributed by atoms with Crippen LogP contribution in [-0.4, -0.2) is 40.6 Å². The van der Waals surface area contributed by atoms with Gasteiger partial charge in [0.25, 0.3) is 5.91 Å². The van der Waals surface area contributed by atoms with Crippen molar-refractivity contribution in [3.8, 4) is 0 Å². The monoisotopic (exact) mass is 347 g/mol. The van der Waals surface area contributed by atoms with Crippen LogP contribution in [0.1, 0.15) is 38.3 Å². The van der Waals surface area contributed by atoms with Crippen molar-refractivity contribution in [2.24, 2.45) is 0 Å². The molecule has 1 saturated heterocycles. The number of amides is 4. The van der Waals surface area contributed by atoms with Crippen LogP contribution in [0.25, 0.3) is 0 Å². The Labute approximate surface area is 145 Å². The molecule has 0 spiro atoms. The van der Waals surface area contributed by atoms with Gasteiger partial charge in [0.2, 0.25) is 5.91 Å². The minimum Gasteiger partial charge on any atom is -0.349 e. The van der Waals surface area contributed by atoms with Crippen LogP contribution in [0.2, 0.25) is 0 Å². The van der Waals surface area contributed by atoms with E-state index in [9.17, 15) is 14.4 Å². The highest BCUT2D eigenvalue weighted by Crippen LogP contribution is 2.35. The molecule has 1 aromatic carbocycles. The number of nitrogens with one attached hydrogen (secondary N) is 2. The molecule has 4 amide bonds. The van der Waals surface area contributed by atoms with Gasteiger partial charge in [-0.1, -0.05) is 18.2 Å². The Bertz CT molecular complexity index is 689. The molecule has 7 heteroatoms. The van der Waals surface area contributed by atoms with Gasteiger partial charge >= 0.3 is 6.03 Å². The summed E-state index contributed by atoms with van der Waals surface area (Å²) in [6.07, 6.45) is 0.991. The first-order valence-electron chi connectivity index (χ1n) is 8.04. The third-order valence-corrected chi connectivity index (χ3v) is 5.42. The van der Waals surface area contributed by atoms with Crippen LogP contribution in [0.4, 0.5) is 4.79 Å². The highest BCUT2D eigenvalue weighted by molar-refractivity contribution is 7.99. The molecule has 3 rings (SSSR count). The molecule has 1 aromatic rings. The Morgan fingerprint density at radius 1 is 1.38 bits per heavy atom. The Morgan fingerprint density at radius 2 is 2.12 bits per heavy atom. The van der Waals surface area contributed by atoms with E-state index in [1.807, 2.05) is 18.2 Å². The fraction of sp³-hybridized carbons (Fsp3) is 0.471. The second-order valence-electron chi connectivity index (χ2n) is 6.56. The van der Waals surface area contributed by atoms with Gasteiger partial charge in [0.1, 0.15) is 5.54 Å². The smallest absolute Gasteiger partial charge is 0.325 e. The predicted octanol–water partition coefficient (Wildman–Crippen LogP) is 2.06. The zero-order valence-corrected chi connectivity index (χ0v) is 14.6. The summed E-state index contributed by atoms with van der Waals surface area (Å²) in [5.41, 5.74) is 0.242. The molecule has 2 aliphatic rings. The third-order valence-electron chi connectivity index (χ3n) is 4.30. The van der Waals surface area contributed by atoms with Crippen LogP contribution in [0, 0.1) is 0 Å². The van der Waals surface area contributed by atoms with E-state index in [1.165, 1.54) is 4.90 Å². The molecule has 24 heavy (non-hydrogen) atoms. The predicted molar refractivity (Wildman–Crippen MR) is 91.6 cm³/mol. The fourth-order valence-electron chi connectivity index (χ4n) is 2.99. The van der Waals surface area contributed by atoms with E-state index in [2.05, 4.69) is 16.7 Å². The van der Waals surface area contributed by atoms with Gasteiger partial charge in [-0.15, -0.1) is 11.8 Å². The lowest BCUT2D eigenvalue weighted by Gasteiger charge is -2.26. The number of fused-ring (bicyclic) bond motifs is 1. The van der Waals surface area contributed by atoms with Crippen molar-refractivity contribution in [2.75, 3.05) is 12.3 Å². The Morgan fingerprint density at radius 3 is 2.83 bits per heavy atom. The third kappa shape index (κ3) is 3.26. The normalized spacial score (nSPS) is 22.1. The Balaban J connectivity index is 1.58. The van der Waals surface area contributed by atoms with E-state index in [4.69, 9.17) is 0 Å². The maximum absolute atomic E-state index is 12.3. The number of urea groups is 1. The van der Waals surface area contributed by atoms with Gasteiger partial charge in [-0.25, -0.2) is 4.79 Å². The van der Waals surface area contributed by atoms with Crippen molar-refractivity contribution in [3.63, 3.8) is 0 Å². The summed E-state index contributed by atoms with van der Waals surface area (Å²) in [6, 6.07) is 7.63. The molecule has 2 heterocycles. The number of hydrogen-bond acceptors (Lipinski definition) is 4. The van der Waals surface area contributed by atoms with Gasteiger partial charge in [0.15, 0.2) is 0 Å².